The molecule has 0 spiro atoms. The van der Waals surface area contributed by atoms with Crippen molar-refractivity contribution in [2.45, 2.75) is 26.3 Å². The predicted molar refractivity (Wildman–Crippen MR) is 53.8 cm³/mol. The monoisotopic (exact) mass is 180 g/mol. The Kier molecular flexibility index (Phi) is 3.71. The van der Waals surface area contributed by atoms with Gasteiger partial charge in [-0.25, -0.2) is 4.98 Å². The Balaban J connectivity index is 2.53. The van der Waals surface area contributed by atoms with Crippen molar-refractivity contribution in [3.05, 3.63) is 23.9 Å². The number of hydrogen-bond donors (Lipinski definition) is 2. The summed E-state index contributed by atoms with van der Waals surface area (Å²) in [6.45, 7) is 4.20. The van der Waals surface area contributed by atoms with E-state index in [0.717, 1.165) is 17.9 Å². The lowest BCUT2D eigenvalue weighted by atomic mass is 10.2. The molecule has 0 aliphatic carbocycles. The van der Waals surface area contributed by atoms with Gasteiger partial charge in [0.15, 0.2) is 0 Å². The molecule has 3 nitrogen and oxygen atoms in total. The summed E-state index contributed by atoms with van der Waals surface area (Å²) in [4.78, 5) is 4.30. The van der Waals surface area contributed by atoms with Gasteiger partial charge in [-0.3, -0.25) is 0 Å². The number of hydrogen-bond acceptors (Lipinski definition) is 3. The summed E-state index contributed by atoms with van der Waals surface area (Å²) in [5, 5.41) is 11.9. The summed E-state index contributed by atoms with van der Waals surface area (Å²) in [7, 11) is 0. The van der Waals surface area contributed by atoms with Gasteiger partial charge in [-0.2, -0.15) is 0 Å². The zero-order chi connectivity index (χ0) is 9.68. The van der Waals surface area contributed by atoms with Crippen molar-refractivity contribution in [3.8, 4) is 0 Å². The maximum atomic E-state index is 8.71. The van der Waals surface area contributed by atoms with Crippen LogP contribution in [0.5, 0.6) is 0 Å². The summed E-state index contributed by atoms with van der Waals surface area (Å²) >= 11 is 0. The van der Waals surface area contributed by atoms with E-state index in [-0.39, 0.29) is 12.6 Å². The fraction of sp³-hybridized carbons (Fsp3) is 0.500. The van der Waals surface area contributed by atoms with Gasteiger partial charge in [-0.15, -0.1) is 0 Å². The highest BCUT2D eigenvalue weighted by molar-refractivity contribution is 5.35. The van der Waals surface area contributed by atoms with Crippen LogP contribution in [0.15, 0.2) is 18.2 Å². The Hall–Kier alpha value is -1.09. The number of aromatic nitrogens is 1. The Morgan fingerprint density at radius 3 is 2.92 bits per heavy atom. The van der Waals surface area contributed by atoms with Crippen LogP contribution in [0.1, 0.15) is 19.0 Å². The SMILES string of the molecule is Cc1cccc(NC(C)CCO)n1. The molecule has 0 amide bonds. The number of aliphatic hydroxyl groups is 1. The molecule has 2 N–H and O–H groups in total. The van der Waals surface area contributed by atoms with Gasteiger partial charge in [0.25, 0.3) is 0 Å². The number of rotatable bonds is 4. The van der Waals surface area contributed by atoms with Gasteiger partial charge in [-0.05, 0) is 32.4 Å². The van der Waals surface area contributed by atoms with E-state index in [4.69, 9.17) is 5.11 Å². The smallest absolute Gasteiger partial charge is 0.126 e. The number of anilines is 1. The highest BCUT2D eigenvalue weighted by Gasteiger charge is 2.01. The molecule has 0 radical (unpaired) electrons. The third-order valence-corrected chi connectivity index (χ3v) is 1.84. The van der Waals surface area contributed by atoms with E-state index < -0.39 is 0 Å². The van der Waals surface area contributed by atoms with Gasteiger partial charge in [0.1, 0.15) is 5.82 Å². The van der Waals surface area contributed by atoms with E-state index in [1.807, 2.05) is 32.0 Å². The van der Waals surface area contributed by atoms with Crippen molar-refractivity contribution < 1.29 is 5.11 Å². The summed E-state index contributed by atoms with van der Waals surface area (Å²) < 4.78 is 0. The van der Waals surface area contributed by atoms with Crippen LogP contribution < -0.4 is 5.32 Å². The molecule has 0 aliphatic heterocycles. The van der Waals surface area contributed by atoms with Gasteiger partial charge < -0.3 is 10.4 Å². The highest BCUT2D eigenvalue weighted by Crippen LogP contribution is 2.06. The standard InChI is InChI=1S/C10H16N2O/c1-8-4-3-5-10(11-8)12-9(2)6-7-13/h3-5,9,13H,6-7H2,1-2H3,(H,11,12). The van der Waals surface area contributed by atoms with Crippen LogP contribution in [0.3, 0.4) is 0 Å². The predicted octanol–water partition coefficient (Wildman–Crippen LogP) is 1.57. The van der Waals surface area contributed by atoms with Crippen molar-refractivity contribution in [2.24, 2.45) is 0 Å². The van der Waals surface area contributed by atoms with Gasteiger partial charge in [-0.1, -0.05) is 6.07 Å². The fourth-order valence-electron chi connectivity index (χ4n) is 1.14. The molecule has 0 saturated carbocycles. The number of nitrogens with one attached hydrogen (secondary N) is 1. The maximum Gasteiger partial charge on any atom is 0.126 e. The summed E-state index contributed by atoms with van der Waals surface area (Å²) in [6, 6.07) is 6.12. The number of aliphatic hydroxyl groups excluding tert-OH is 1. The summed E-state index contributed by atoms with van der Waals surface area (Å²) in [5.41, 5.74) is 1.00. The van der Waals surface area contributed by atoms with E-state index in [0.29, 0.717) is 0 Å². The molecule has 72 valence electrons. The molecule has 1 heterocycles. The third-order valence-electron chi connectivity index (χ3n) is 1.84. The maximum absolute atomic E-state index is 8.71. The van der Waals surface area contributed by atoms with E-state index in [2.05, 4.69) is 10.3 Å². The molecular weight excluding hydrogens is 164 g/mol. The molecule has 3 heteroatoms. The molecule has 13 heavy (non-hydrogen) atoms. The van der Waals surface area contributed by atoms with Crippen LogP contribution >= 0.6 is 0 Å². The Bertz CT molecular complexity index is 263. The van der Waals surface area contributed by atoms with E-state index in [1.54, 1.807) is 0 Å². The van der Waals surface area contributed by atoms with Gasteiger partial charge in [0.2, 0.25) is 0 Å². The molecule has 0 bridgehead atoms. The van der Waals surface area contributed by atoms with E-state index >= 15 is 0 Å². The van der Waals surface area contributed by atoms with Crippen LogP contribution in [-0.2, 0) is 0 Å². The Morgan fingerprint density at radius 2 is 2.31 bits per heavy atom. The zero-order valence-electron chi connectivity index (χ0n) is 8.12. The lowest BCUT2D eigenvalue weighted by molar-refractivity contribution is 0.282. The first-order valence-electron chi connectivity index (χ1n) is 4.53. The van der Waals surface area contributed by atoms with Crippen LogP contribution in [0.2, 0.25) is 0 Å². The average molecular weight is 180 g/mol. The molecule has 0 fully saturated rings. The number of aryl methyl sites for hydroxylation is 1. The normalized spacial score (nSPS) is 12.5. The molecular formula is C10H16N2O. The quantitative estimate of drug-likeness (QED) is 0.739. The third kappa shape index (κ3) is 3.42. The van der Waals surface area contributed by atoms with E-state index in [1.165, 1.54) is 0 Å². The first-order valence-corrected chi connectivity index (χ1v) is 4.53. The number of pyridine rings is 1. The fourth-order valence-corrected chi connectivity index (χ4v) is 1.14. The number of nitrogens with zero attached hydrogens (tertiary/aromatic N) is 1. The minimum absolute atomic E-state index is 0.208. The van der Waals surface area contributed by atoms with Crippen LogP contribution in [0, 0.1) is 6.92 Å². The van der Waals surface area contributed by atoms with Gasteiger partial charge in [0.05, 0.1) is 0 Å². The molecule has 1 rings (SSSR count). The second-order valence-electron chi connectivity index (χ2n) is 3.22. The molecule has 1 aromatic heterocycles. The lowest BCUT2D eigenvalue weighted by Gasteiger charge is -2.12. The van der Waals surface area contributed by atoms with Crippen molar-refractivity contribution in [1.82, 2.24) is 4.98 Å². The molecule has 1 aromatic rings. The van der Waals surface area contributed by atoms with Crippen molar-refractivity contribution in [1.29, 1.82) is 0 Å². The first kappa shape index (κ1) is 9.99. The zero-order valence-corrected chi connectivity index (χ0v) is 8.12. The highest BCUT2D eigenvalue weighted by atomic mass is 16.3. The molecule has 1 atom stereocenters. The minimum Gasteiger partial charge on any atom is -0.396 e. The Morgan fingerprint density at radius 1 is 1.54 bits per heavy atom. The summed E-state index contributed by atoms with van der Waals surface area (Å²) in [5.74, 6) is 0.876. The molecule has 0 aliphatic rings. The molecule has 0 saturated heterocycles. The lowest BCUT2D eigenvalue weighted by Crippen LogP contribution is -2.17. The van der Waals surface area contributed by atoms with Crippen molar-refractivity contribution >= 4 is 5.82 Å². The molecule has 1 unspecified atom stereocenters. The van der Waals surface area contributed by atoms with Crippen LogP contribution in [-0.4, -0.2) is 22.7 Å². The van der Waals surface area contributed by atoms with Crippen LogP contribution in [0.4, 0.5) is 5.82 Å². The second kappa shape index (κ2) is 4.82. The summed E-state index contributed by atoms with van der Waals surface area (Å²) in [6.07, 6.45) is 0.746. The first-order chi connectivity index (χ1) is 6.22. The molecule has 0 aromatic carbocycles. The minimum atomic E-state index is 0.208. The van der Waals surface area contributed by atoms with Crippen molar-refractivity contribution in [3.63, 3.8) is 0 Å². The average Bonchev–Trinajstić information content (AvgIpc) is 2.04. The van der Waals surface area contributed by atoms with Gasteiger partial charge >= 0.3 is 0 Å². The Labute approximate surface area is 78.8 Å². The van der Waals surface area contributed by atoms with E-state index in [9.17, 15) is 0 Å². The van der Waals surface area contributed by atoms with Crippen LogP contribution in [0.25, 0.3) is 0 Å². The van der Waals surface area contributed by atoms with Crippen molar-refractivity contribution in [2.75, 3.05) is 11.9 Å². The second-order valence-corrected chi connectivity index (χ2v) is 3.22. The van der Waals surface area contributed by atoms with Gasteiger partial charge in [0, 0.05) is 18.3 Å². The largest absolute Gasteiger partial charge is 0.396 e. The topological polar surface area (TPSA) is 45.1 Å².